The van der Waals surface area contributed by atoms with Gasteiger partial charge in [0.05, 0.1) is 5.56 Å². The first-order chi connectivity index (χ1) is 17.6. The number of esters is 1. The van der Waals surface area contributed by atoms with Crippen LogP contribution in [0.4, 0.5) is 0 Å². The Kier molecular flexibility index (Phi) is 7.61. The highest BCUT2D eigenvalue weighted by molar-refractivity contribution is 6.70. The summed E-state index contributed by atoms with van der Waals surface area (Å²) >= 11 is 0. The van der Waals surface area contributed by atoms with Crippen LogP contribution in [0.1, 0.15) is 28.6 Å². The molecule has 2 atom stereocenters. The van der Waals surface area contributed by atoms with E-state index in [1.807, 2.05) is 75.1 Å². The molecule has 192 valence electrons. The van der Waals surface area contributed by atoms with E-state index >= 15 is 0 Å². The standard InChI is InChI=1S/C29H32N2O5Si/c1-6-17-29(20-34-27(32)24-14-12-23(13-15-24)22-10-8-7-9-11-22)18-16-25(35-29)31-19-21(2)26(30-28(31)33)36-37(3,4)5/h6-16,18-19,25H,1,17,20H2,2-5H3/t25-,29+/m1/s1. The molecule has 0 fully saturated rings. The van der Waals surface area contributed by atoms with Gasteiger partial charge in [0.1, 0.15) is 12.2 Å². The molecule has 8 heteroatoms. The number of aryl methyl sites for hydroxylation is 1. The van der Waals surface area contributed by atoms with Crippen molar-refractivity contribution in [1.29, 1.82) is 0 Å². The van der Waals surface area contributed by atoms with Gasteiger partial charge in [-0.15, -0.1) is 6.58 Å². The van der Waals surface area contributed by atoms with Crippen molar-refractivity contribution >= 4 is 14.3 Å². The second-order valence-electron chi connectivity index (χ2n) is 10.1. The van der Waals surface area contributed by atoms with E-state index in [1.165, 1.54) is 4.57 Å². The van der Waals surface area contributed by atoms with Gasteiger partial charge in [0, 0.05) is 18.2 Å². The Balaban J connectivity index is 1.45. The number of hydrogen-bond donors (Lipinski definition) is 0. The Labute approximate surface area is 218 Å². The molecule has 0 aliphatic carbocycles. The predicted octanol–water partition coefficient (Wildman–Crippen LogP) is 5.69. The lowest BCUT2D eigenvalue weighted by atomic mass is 10.0. The normalized spacial score (nSPS) is 19.0. The summed E-state index contributed by atoms with van der Waals surface area (Å²) in [5, 5.41) is 0. The molecular weight excluding hydrogens is 484 g/mol. The van der Waals surface area contributed by atoms with Gasteiger partial charge in [0.25, 0.3) is 0 Å². The predicted molar refractivity (Wildman–Crippen MR) is 146 cm³/mol. The molecule has 0 bridgehead atoms. The minimum atomic E-state index is -1.92. The van der Waals surface area contributed by atoms with Gasteiger partial charge in [0.15, 0.2) is 6.23 Å². The van der Waals surface area contributed by atoms with Crippen LogP contribution < -0.4 is 10.1 Å². The second kappa shape index (κ2) is 10.7. The van der Waals surface area contributed by atoms with E-state index in [2.05, 4.69) is 11.6 Å². The third kappa shape index (κ3) is 6.33. The Morgan fingerprint density at radius 3 is 2.46 bits per heavy atom. The van der Waals surface area contributed by atoms with Crippen LogP contribution in [0.2, 0.25) is 19.6 Å². The van der Waals surface area contributed by atoms with E-state index in [0.29, 0.717) is 17.9 Å². The summed E-state index contributed by atoms with van der Waals surface area (Å²) in [6, 6.07) is 17.2. The molecule has 4 rings (SSSR count). The maximum atomic E-state index is 12.8. The summed E-state index contributed by atoms with van der Waals surface area (Å²) in [5.74, 6) is -0.0991. The maximum absolute atomic E-state index is 12.8. The first kappa shape index (κ1) is 26.3. The van der Waals surface area contributed by atoms with Crippen molar-refractivity contribution in [3.05, 3.63) is 107 Å². The Morgan fingerprint density at radius 2 is 1.81 bits per heavy atom. The highest BCUT2D eigenvalue weighted by Crippen LogP contribution is 2.33. The van der Waals surface area contributed by atoms with Crippen LogP contribution in [0.3, 0.4) is 0 Å². The lowest BCUT2D eigenvalue weighted by Gasteiger charge is -2.28. The molecule has 0 radical (unpaired) electrons. The Hall–Kier alpha value is -3.75. The van der Waals surface area contributed by atoms with E-state index in [9.17, 15) is 9.59 Å². The topological polar surface area (TPSA) is 79.7 Å². The van der Waals surface area contributed by atoms with Crippen LogP contribution in [-0.4, -0.2) is 36.0 Å². The monoisotopic (exact) mass is 516 g/mol. The molecule has 0 saturated heterocycles. The van der Waals surface area contributed by atoms with Crippen molar-refractivity contribution in [1.82, 2.24) is 9.55 Å². The van der Waals surface area contributed by atoms with Crippen LogP contribution >= 0.6 is 0 Å². The molecule has 37 heavy (non-hydrogen) atoms. The summed E-state index contributed by atoms with van der Waals surface area (Å²) in [7, 11) is -1.92. The van der Waals surface area contributed by atoms with Crippen LogP contribution in [0.5, 0.6) is 5.88 Å². The van der Waals surface area contributed by atoms with Gasteiger partial charge in [-0.2, -0.15) is 4.98 Å². The first-order valence-electron chi connectivity index (χ1n) is 12.2. The van der Waals surface area contributed by atoms with Gasteiger partial charge in [0.2, 0.25) is 14.2 Å². The summed E-state index contributed by atoms with van der Waals surface area (Å²) in [6.07, 6.45) is 6.69. The number of rotatable bonds is 9. The summed E-state index contributed by atoms with van der Waals surface area (Å²) in [4.78, 5) is 29.7. The summed E-state index contributed by atoms with van der Waals surface area (Å²) in [5.41, 5.74) is 1.86. The highest BCUT2D eigenvalue weighted by Gasteiger charge is 2.37. The third-order valence-electron chi connectivity index (χ3n) is 5.85. The molecule has 0 unspecified atom stereocenters. The molecule has 7 nitrogen and oxygen atoms in total. The molecule has 1 aromatic heterocycles. The van der Waals surface area contributed by atoms with E-state index in [1.54, 1.807) is 30.5 Å². The SMILES string of the molecule is C=CC[C@@]1(COC(=O)c2ccc(-c3ccccc3)cc2)C=C[C@H](n2cc(C)c(O[Si](C)(C)C)nc2=O)O1. The lowest BCUT2D eigenvalue weighted by molar-refractivity contribution is -0.0867. The van der Waals surface area contributed by atoms with Crippen LogP contribution in [-0.2, 0) is 9.47 Å². The first-order valence-corrected chi connectivity index (χ1v) is 15.6. The van der Waals surface area contributed by atoms with Gasteiger partial charge in [-0.25, -0.2) is 9.59 Å². The minimum absolute atomic E-state index is 0.0245. The van der Waals surface area contributed by atoms with Crippen molar-refractivity contribution in [2.75, 3.05) is 6.61 Å². The number of ether oxygens (including phenoxy) is 2. The van der Waals surface area contributed by atoms with Crippen LogP contribution in [0.25, 0.3) is 11.1 Å². The fraction of sp³-hybridized carbons (Fsp3) is 0.276. The molecule has 1 aliphatic heterocycles. The smallest absolute Gasteiger partial charge is 0.353 e. The molecule has 0 N–H and O–H groups in total. The average molecular weight is 517 g/mol. The molecule has 3 aromatic rings. The Bertz CT molecular complexity index is 1360. The van der Waals surface area contributed by atoms with Crippen molar-refractivity contribution in [2.45, 2.75) is 44.8 Å². The van der Waals surface area contributed by atoms with Crippen molar-refractivity contribution < 1.29 is 18.7 Å². The molecule has 0 amide bonds. The van der Waals surface area contributed by atoms with Gasteiger partial charge >= 0.3 is 11.7 Å². The molecule has 0 saturated carbocycles. The highest BCUT2D eigenvalue weighted by atomic mass is 28.4. The third-order valence-corrected chi connectivity index (χ3v) is 6.66. The van der Waals surface area contributed by atoms with Crippen molar-refractivity contribution in [3.63, 3.8) is 0 Å². The van der Waals surface area contributed by atoms with E-state index in [4.69, 9.17) is 13.9 Å². The number of benzene rings is 2. The molecule has 0 spiro atoms. The number of nitrogens with zero attached hydrogens (tertiary/aromatic N) is 2. The van der Waals surface area contributed by atoms with Crippen molar-refractivity contribution in [3.8, 4) is 17.0 Å². The van der Waals surface area contributed by atoms with Gasteiger partial charge < -0.3 is 13.9 Å². The number of carbonyl (C=O) groups is 1. The lowest BCUT2D eigenvalue weighted by Crippen LogP contribution is -2.37. The summed E-state index contributed by atoms with van der Waals surface area (Å²) < 4.78 is 19.2. The zero-order valence-electron chi connectivity index (χ0n) is 21.6. The van der Waals surface area contributed by atoms with Crippen molar-refractivity contribution in [2.24, 2.45) is 0 Å². The Morgan fingerprint density at radius 1 is 1.14 bits per heavy atom. The number of aromatic nitrogens is 2. The van der Waals surface area contributed by atoms with Gasteiger partial charge in [-0.05, 0) is 62.0 Å². The number of hydrogen-bond acceptors (Lipinski definition) is 6. The average Bonchev–Trinajstić information content (AvgIpc) is 3.28. The summed E-state index contributed by atoms with van der Waals surface area (Å²) in [6.45, 7) is 11.7. The van der Waals surface area contributed by atoms with E-state index < -0.39 is 31.8 Å². The molecule has 2 heterocycles. The largest absolute Gasteiger partial charge is 0.531 e. The van der Waals surface area contributed by atoms with Gasteiger partial charge in [-0.1, -0.05) is 48.5 Å². The van der Waals surface area contributed by atoms with E-state index in [-0.39, 0.29) is 6.61 Å². The minimum Gasteiger partial charge on any atom is -0.531 e. The number of carbonyl (C=O) groups excluding carboxylic acids is 1. The molecular formula is C29H32N2O5Si. The zero-order chi connectivity index (χ0) is 26.6. The molecule has 2 aromatic carbocycles. The second-order valence-corrected chi connectivity index (χ2v) is 14.5. The van der Waals surface area contributed by atoms with Crippen LogP contribution in [0, 0.1) is 6.92 Å². The van der Waals surface area contributed by atoms with E-state index in [0.717, 1.165) is 16.7 Å². The quantitative estimate of drug-likeness (QED) is 0.207. The fourth-order valence-electron chi connectivity index (χ4n) is 4.06. The zero-order valence-corrected chi connectivity index (χ0v) is 22.6. The fourth-order valence-corrected chi connectivity index (χ4v) is 4.84. The maximum Gasteiger partial charge on any atom is 0.353 e. The molecule has 1 aliphatic rings. The van der Waals surface area contributed by atoms with Gasteiger partial charge in [-0.3, -0.25) is 4.57 Å². The van der Waals surface area contributed by atoms with Crippen LogP contribution in [0.15, 0.2) is 90.4 Å².